The highest BCUT2D eigenvalue weighted by molar-refractivity contribution is 7.92. The quantitative estimate of drug-likeness (QED) is 0.394. The molecule has 0 amide bonds. The van der Waals surface area contributed by atoms with E-state index < -0.39 is 31.5 Å². The van der Waals surface area contributed by atoms with Gasteiger partial charge in [0.25, 0.3) is 9.84 Å². The van der Waals surface area contributed by atoms with E-state index in [9.17, 15) is 30.8 Å². The van der Waals surface area contributed by atoms with Crippen LogP contribution in [0.15, 0.2) is 76.7 Å². The van der Waals surface area contributed by atoms with E-state index >= 15 is 0 Å². The Morgan fingerprint density at radius 2 is 1.67 bits per heavy atom. The fourth-order valence-electron chi connectivity index (χ4n) is 2.97. The van der Waals surface area contributed by atoms with E-state index in [-0.39, 0.29) is 27.8 Å². The largest absolute Gasteiger partial charge is 0.501 e. The van der Waals surface area contributed by atoms with Crippen LogP contribution >= 0.6 is 11.6 Å². The number of hydrogen-bond donors (Lipinski definition) is 0. The molecule has 0 spiro atoms. The van der Waals surface area contributed by atoms with Crippen molar-refractivity contribution in [2.75, 3.05) is 0 Å². The summed E-state index contributed by atoms with van der Waals surface area (Å²) < 4.78 is 78.1. The number of aromatic nitrogens is 4. The molecule has 7 nitrogen and oxygen atoms in total. The van der Waals surface area contributed by atoms with E-state index in [4.69, 9.17) is 11.6 Å². The molecule has 0 aliphatic rings. The number of alkyl halides is 3. The molecule has 0 fully saturated rings. The van der Waals surface area contributed by atoms with Crippen molar-refractivity contribution in [2.24, 2.45) is 0 Å². The lowest BCUT2D eigenvalue weighted by molar-refractivity contribution is -0.0436. The van der Waals surface area contributed by atoms with Gasteiger partial charge in [0.1, 0.15) is 5.69 Å². The molecule has 2 aromatic heterocycles. The summed E-state index contributed by atoms with van der Waals surface area (Å²) in [6, 6.07) is 10.6. The summed E-state index contributed by atoms with van der Waals surface area (Å²) in [5.41, 5.74) is -5.83. The van der Waals surface area contributed by atoms with Crippen LogP contribution < -0.4 is 5.43 Å². The first-order valence-corrected chi connectivity index (χ1v) is 10.9. The number of nitrogens with zero attached hydrogens (tertiary/aromatic N) is 4. The molecule has 2 aromatic carbocycles. The summed E-state index contributed by atoms with van der Waals surface area (Å²) in [6.07, 6.45) is 2.57. The molecule has 0 atom stereocenters. The van der Waals surface area contributed by atoms with E-state index in [0.29, 0.717) is 0 Å². The van der Waals surface area contributed by atoms with Crippen molar-refractivity contribution in [3.05, 3.63) is 88.1 Å². The Bertz CT molecular complexity index is 1510. The summed E-state index contributed by atoms with van der Waals surface area (Å²) in [5, 5.41) is 8.06. The molecule has 4 rings (SSSR count). The summed E-state index contributed by atoms with van der Waals surface area (Å²) in [7, 11) is -5.51. The maximum absolute atomic E-state index is 14.5. The van der Waals surface area contributed by atoms with Crippen LogP contribution in [0.2, 0.25) is 5.02 Å². The average molecular weight is 499 g/mol. The fraction of sp³-hybridized carbons (Fsp3) is 0.0500. The zero-order valence-corrected chi connectivity index (χ0v) is 17.7. The normalized spacial score (nSPS) is 12.2. The van der Waals surface area contributed by atoms with Gasteiger partial charge in [-0.1, -0.05) is 17.7 Å². The lowest BCUT2D eigenvalue weighted by Crippen LogP contribution is -2.23. The molecule has 33 heavy (non-hydrogen) atoms. The summed E-state index contributed by atoms with van der Waals surface area (Å²) in [6.45, 7) is 0. The number of halogens is 5. The molecule has 0 bridgehead atoms. The van der Waals surface area contributed by atoms with Crippen molar-refractivity contribution in [1.82, 2.24) is 19.6 Å². The fourth-order valence-corrected chi connectivity index (χ4v) is 3.90. The van der Waals surface area contributed by atoms with Crippen molar-refractivity contribution < 1.29 is 26.0 Å². The van der Waals surface area contributed by atoms with Crippen LogP contribution in [0.1, 0.15) is 0 Å². The van der Waals surface area contributed by atoms with Crippen LogP contribution in [0, 0.1) is 5.82 Å². The predicted octanol–water partition coefficient (Wildman–Crippen LogP) is 4.17. The Kier molecular flexibility index (Phi) is 5.58. The molecule has 0 aliphatic heterocycles. The minimum atomic E-state index is -5.51. The second-order valence-electron chi connectivity index (χ2n) is 6.62. The molecule has 0 radical (unpaired) electrons. The number of sulfone groups is 1. The van der Waals surface area contributed by atoms with Gasteiger partial charge in [0.05, 0.1) is 27.5 Å². The number of rotatable bonds is 4. The van der Waals surface area contributed by atoms with Crippen LogP contribution in [-0.4, -0.2) is 33.5 Å². The third-order valence-electron chi connectivity index (χ3n) is 4.57. The van der Waals surface area contributed by atoms with Gasteiger partial charge < -0.3 is 0 Å². The van der Waals surface area contributed by atoms with Gasteiger partial charge in [-0.05, 0) is 42.5 Å². The molecular formula is C20H11ClF4N4O3S. The van der Waals surface area contributed by atoms with Crippen LogP contribution in [0.3, 0.4) is 0 Å². The van der Waals surface area contributed by atoms with Gasteiger partial charge in [0.2, 0.25) is 5.43 Å². The Hall–Kier alpha value is -3.51. The van der Waals surface area contributed by atoms with Crippen LogP contribution in [0.5, 0.6) is 0 Å². The zero-order valence-electron chi connectivity index (χ0n) is 16.2. The molecule has 0 N–H and O–H groups in total. The predicted molar refractivity (Wildman–Crippen MR) is 111 cm³/mol. The second kappa shape index (κ2) is 8.12. The minimum absolute atomic E-state index is 0.0270. The van der Waals surface area contributed by atoms with Crippen LogP contribution in [0.25, 0.3) is 22.8 Å². The van der Waals surface area contributed by atoms with Crippen LogP contribution in [0.4, 0.5) is 17.6 Å². The van der Waals surface area contributed by atoms with E-state index in [1.54, 1.807) is 0 Å². The molecular weight excluding hydrogens is 488 g/mol. The maximum Gasteiger partial charge on any atom is 0.501 e. The summed E-state index contributed by atoms with van der Waals surface area (Å²) in [5.74, 6) is -0.762. The number of hydrogen-bond acceptors (Lipinski definition) is 5. The highest BCUT2D eigenvalue weighted by Crippen LogP contribution is 2.30. The first kappa shape index (κ1) is 22.7. The third-order valence-corrected chi connectivity index (χ3v) is 6.36. The molecule has 13 heteroatoms. The van der Waals surface area contributed by atoms with Gasteiger partial charge in [-0.2, -0.15) is 23.4 Å². The maximum atomic E-state index is 14.5. The SMILES string of the molecule is O=c1ccn(-c2ccc(S(=O)(=O)C(F)(F)F)cc2)nc1-c1ccnn1-c1cccc(Cl)c1F. The van der Waals surface area contributed by atoms with E-state index in [2.05, 4.69) is 10.2 Å². The smallest absolute Gasteiger partial charge is 0.287 e. The topological polar surface area (TPSA) is 86.8 Å². The standard InChI is InChI=1S/C20H11ClF4N4O3S/c21-14-2-1-3-15(18(14)22)29-16(8-10-26-29)19-17(30)9-11-28(27-19)12-4-6-13(7-5-12)33(31,32)20(23,24)25/h1-11H. The average Bonchev–Trinajstić information content (AvgIpc) is 3.24. The van der Waals surface area contributed by atoms with E-state index in [1.807, 2.05) is 0 Å². The van der Waals surface area contributed by atoms with Crippen molar-refractivity contribution in [3.63, 3.8) is 0 Å². The highest BCUT2D eigenvalue weighted by atomic mass is 35.5. The molecule has 4 aromatic rings. The Balaban J connectivity index is 1.78. The third kappa shape index (κ3) is 4.02. The lowest BCUT2D eigenvalue weighted by atomic mass is 10.2. The highest BCUT2D eigenvalue weighted by Gasteiger charge is 2.46. The van der Waals surface area contributed by atoms with Gasteiger partial charge in [-0.15, -0.1) is 0 Å². The molecule has 0 aliphatic carbocycles. The van der Waals surface area contributed by atoms with Crippen molar-refractivity contribution >= 4 is 21.4 Å². The first-order chi connectivity index (χ1) is 15.5. The second-order valence-corrected chi connectivity index (χ2v) is 8.97. The van der Waals surface area contributed by atoms with Gasteiger partial charge >= 0.3 is 5.51 Å². The summed E-state index contributed by atoms with van der Waals surface area (Å²) in [4.78, 5) is 11.6. The lowest BCUT2D eigenvalue weighted by Gasteiger charge is -2.12. The van der Waals surface area contributed by atoms with Crippen molar-refractivity contribution in [3.8, 4) is 22.8 Å². The van der Waals surface area contributed by atoms with Crippen molar-refractivity contribution in [1.29, 1.82) is 0 Å². The molecule has 0 saturated heterocycles. The molecule has 170 valence electrons. The number of benzene rings is 2. The molecule has 2 heterocycles. The van der Waals surface area contributed by atoms with Gasteiger partial charge in [0, 0.05) is 12.3 Å². The van der Waals surface area contributed by atoms with Crippen molar-refractivity contribution in [2.45, 2.75) is 10.4 Å². The zero-order chi connectivity index (χ0) is 24.0. The first-order valence-electron chi connectivity index (χ1n) is 9.01. The van der Waals surface area contributed by atoms with E-state index in [1.165, 1.54) is 36.7 Å². The monoisotopic (exact) mass is 498 g/mol. The molecule has 0 saturated carbocycles. The minimum Gasteiger partial charge on any atom is -0.287 e. The van der Waals surface area contributed by atoms with Gasteiger partial charge in [0.15, 0.2) is 11.5 Å². The van der Waals surface area contributed by atoms with Gasteiger partial charge in [-0.3, -0.25) is 4.79 Å². The Morgan fingerprint density at radius 1 is 0.970 bits per heavy atom. The Labute approximate surface area is 188 Å². The molecule has 0 unspecified atom stereocenters. The van der Waals surface area contributed by atoms with Gasteiger partial charge in [-0.25, -0.2) is 22.2 Å². The van der Waals surface area contributed by atoms with Crippen LogP contribution in [-0.2, 0) is 9.84 Å². The van der Waals surface area contributed by atoms with E-state index in [0.717, 1.165) is 39.7 Å². The Morgan fingerprint density at radius 3 is 2.33 bits per heavy atom. The summed E-state index contributed by atoms with van der Waals surface area (Å²) >= 11 is 5.83.